The summed E-state index contributed by atoms with van der Waals surface area (Å²) in [6.07, 6.45) is 1.87. The fraction of sp³-hybridized carbons (Fsp3) is 0.148. The fourth-order valence-corrected chi connectivity index (χ4v) is 5.16. The molecular formula is C27H25N7O3S. The summed E-state index contributed by atoms with van der Waals surface area (Å²) in [5.41, 5.74) is 5.15. The van der Waals surface area contributed by atoms with Crippen LogP contribution in [0.15, 0.2) is 71.8 Å². The lowest BCUT2D eigenvalue weighted by atomic mass is 10.0. The second kappa shape index (κ2) is 9.67. The van der Waals surface area contributed by atoms with E-state index in [1.165, 1.54) is 24.3 Å². The van der Waals surface area contributed by atoms with Gasteiger partial charge >= 0.3 is 0 Å². The molecule has 1 amide bonds. The molecule has 0 unspecified atom stereocenters. The number of carbonyl (C=O) groups is 1. The predicted molar refractivity (Wildman–Crippen MR) is 145 cm³/mol. The van der Waals surface area contributed by atoms with E-state index in [1.807, 2.05) is 44.4 Å². The maximum atomic E-state index is 13.4. The van der Waals surface area contributed by atoms with Crippen LogP contribution < -0.4 is 10.0 Å². The highest BCUT2D eigenvalue weighted by atomic mass is 32.2. The lowest BCUT2D eigenvalue weighted by Gasteiger charge is -2.11. The first kappa shape index (κ1) is 25.0. The third kappa shape index (κ3) is 5.09. The second-order valence-corrected chi connectivity index (χ2v) is 10.6. The van der Waals surface area contributed by atoms with Crippen molar-refractivity contribution in [1.29, 1.82) is 0 Å². The third-order valence-corrected chi connectivity index (χ3v) is 7.22. The Kier molecular flexibility index (Phi) is 6.37. The number of nitrogens with zero attached hydrogens (tertiary/aromatic N) is 5. The summed E-state index contributed by atoms with van der Waals surface area (Å²) in [4.78, 5) is 26.4. The zero-order chi connectivity index (χ0) is 27.0. The molecule has 10 nitrogen and oxygen atoms in total. The van der Waals surface area contributed by atoms with Gasteiger partial charge in [0.1, 0.15) is 0 Å². The molecule has 0 fully saturated rings. The van der Waals surface area contributed by atoms with E-state index in [0.717, 1.165) is 11.3 Å². The van der Waals surface area contributed by atoms with Crippen LogP contribution in [0.3, 0.4) is 0 Å². The molecule has 5 rings (SSSR count). The molecule has 3 heterocycles. The molecular weight excluding hydrogens is 502 g/mol. The molecule has 0 aliphatic heterocycles. The Labute approximate surface area is 219 Å². The van der Waals surface area contributed by atoms with E-state index in [1.54, 1.807) is 30.7 Å². The van der Waals surface area contributed by atoms with Crippen LogP contribution in [-0.4, -0.2) is 39.1 Å². The molecule has 0 bridgehead atoms. The number of carbonyl (C=O) groups excluding carboxylic acids is 1. The first-order chi connectivity index (χ1) is 18.1. The van der Waals surface area contributed by atoms with Crippen LogP contribution in [-0.2, 0) is 17.1 Å². The molecule has 3 aromatic heterocycles. The van der Waals surface area contributed by atoms with Crippen molar-refractivity contribution < 1.29 is 13.2 Å². The minimum atomic E-state index is -3.92. The molecule has 0 atom stereocenters. The number of para-hydroxylation sites is 1. The number of sulfonamides is 1. The summed E-state index contributed by atoms with van der Waals surface area (Å²) >= 11 is 0. The maximum Gasteiger partial charge on any atom is 0.264 e. The Morgan fingerprint density at radius 3 is 2.24 bits per heavy atom. The second-order valence-electron chi connectivity index (χ2n) is 8.93. The highest BCUT2D eigenvalue weighted by Gasteiger charge is 2.19. The average Bonchev–Trinajstić information content (AvgIpc) is 3.20. The van der Waals surface area contributed by atoms with Crippen molar-refractivity contribution in [3.05, 3.63) is 89.5 Å². The molecule has 11 heteroatoms. The van der Waals surface area contributed by atoms with Crippen LogP contribution in [0, 0.1) is 20.8 Å². The topological polar surface area (TPSA) is 132 Å². The van der Waals surface area contributed by atoms with E-state index in [0.29, 0.717) is 39.2 Å². The standard InChI is InChI=1S/C27H25N7O3S/c1-16-13-17(2)29-27(28-16)33-38(36,37)20-11-9-19(10-12-20)30-26(35)22-14-25(23-15-34(4)32-18(23)3)31-24-8-6-5-7-21(22)24/h5-15H,1-4H3,(H,30,35)(H,28,29,33). The van der Waals surface area contributed by atoms with Crippen molar-refractivity contribution in [2.45, 2.75) is 25.7 Å². The molecule has 0 radical (unpaired) electrons. The van der Waals surface area contributed by atoms with Crippen LogP contribution >= 0.6 is 0 Å². The number of amides is 1. The zero-order valence-corrected chi connectivity index (χ0v) is 22.0. The number of fused-ring (bicyclic) bond motifs is 1. The number of hydrogen-bond acceptors (Lipinski definition) is 7. The van der Waals surface area contributed by atoms with Gasteiger partial charge in [0.2, 0.25) is 5.95 Å². The molecule has 0 aliphatic rings. The summed E-state index contributed by atoms with van der Waals surface area (Å²) in [6, 6.07) is 16.8. The zero-order valence-electron chi connectivity index (χ0n) is 21.2. The van der Waals surface area contributed by atoms with E-state index >= 15 is 0 Å². The van der Waals surface area contributed by atoms with Crippen molar-refractivity contribution in [2.24, 2.45) is 7.05 Å². The van der Waals surface area contributed by atoms with Crippen molar-refractivity contribution in [3.8, 4) is 11.3 Å². The van der Waals surface area contributed by atoms with Crippen LogP contribution in [0.25, 0.3) is 22.2 Å². The molecule has 38 heavy (non-hydrogen) atoms. The minimum absolute atomic E-state index is 0.00380. The Hall–Kier alpha value is -4.64. The Balaban J connectivity index is 1.41. The molecule has 5 aromatic rings. The van der Waals surface area contributed by atoms with Gasteiger partial charge in [-0.15, -0.1) is 0 Å². The summed E-state index contributed by atoms with van der Waals surface area (Å²) in [6.45, 7) is 5.41. The Morgan fingerprint density at radius 2 is 1.58 bits per heavy atom. The van der Waals surface area contributed by atoms with E-state index < -0.39 is 10.0 Å². The number of aromatic nitrogens is 5. The van der Waals surface area contributed by atoms with Gasteiger partial charge in [0, 0.05) is 41.3 Å². The van der Waals surface area contributed by atoms with Gasteiger partial charge in [-0.3, -0.25) is 9.48 Å². The highest BCUT2D eigenvalue weighted by Crippen LogP contribution is 2.27. The Bertz CT molecular complexity index is 1780. The summed E-state index contributed by atoms with van der Waals surface area (Å²) in [5, 5.41) is 7.95. The molecule has 2 aromatic carbocycles. The van der Waals surface area contributed by atoms with Crippen LogP contribution in [0.5, 0.6) is 0 Å². The minimum Gasteiger partial charge on any atom is -0.322 e. The summed E-state index contributed by atoms with van der Waals surface area (Å²) in [5.74, 6) is -0.340. The van der Waals surface area contributed by atoms with Gasteiger partial charge in [-0.25, -0.2) is 28.1 Å². The highest BCUT2D eigenvalue weighted by molar-refractivity contribution is 7.92. The van der Waals surface area contributed by atoms with Crippen molar-refractivity contribution >= 4 is 38.5 Å². The lowest BCUT2D eigenvalue weighted by Crippen LogP contribution is -2.16. The van der Waals surface area contributed by atoms with Crippen molar-refractivity contribution in [3.63, 3.8) is 0 Å². The van der Waals surface area contributed by atoms with E-state index in [9.17, 15) is 13.2 Å². The fourth-order valence-electron chi connectivity index (χ4n) is 4.22. The monoisotopic (exact) mass is 527 g/mol. The number of anilines is 2. The summed E-state index contributed by atoms with van der Waals surface area (Å²) < 4.78 is 29.8. The first-order valence-electron chi connectivity index (χ1n) is 11.8. The number of rotatable bonds is 6. The summed E-state index contributed by atoms with van der Waals surface area (Å²) in [7, 11) is -2.08. The van der Waals surface area contributed by atoms with Gasteiger partial charge in [-0.1, -0.05) is 18.2 Å². The maximum absolute atomic E-state index is 13.4. The number of benzene rings is 2. The van der Waals surface area contributed by atoms with Crippen molar-refractivity contribution in [2.75, 3.05) is 10.0 Å². The third-order valence-electron chi connectivity index (χ3n) is 5.88. The van der Waals surface area contributed by atoms with Crippen LogP contribution in [0.2, 0.25) is 0 Å². The molecule has 0 saturated carbocycles. The first-order valence-corrected chi connectivity index (χ1v) is 13.2. The number of aryl methyl sites for hydroxylation is 4. The predicted octanol–water partition coefficient (Wildman–Crippen LogP) is 4.40. The van der Waals surface area contributed by atoms with Gasteiger partial charge in [-0.05, 0) is 63.2 Å². The molecule has 192 valence electrons. The van der Waals surface area contributed by atoms with Crippen LogP contribution in [0.4, 0.5) is 11.6 Å². The van der Waals surface area contributed by atoms with E-state index in [4.69, 9.17) is 4.98 Å². The molecule has 0 saturated heterocycles. The van der Waals surface area contributed by atoms with Gasteiger partial charge in [0.05, 0.1) is 27.4 Å². The van der Waals surface area contributed by atoms with Gasteiger partial charge in [0.25, 0.3) is 15.9 Å². The lowest BCUT2D eigenvalue weighted by molar-refractivity contribution is 0.102. The number of hydrogen-bond donors (Lipinski definition) is 2. The van der Waals surface area contributed by atoms with Gasteiger partial charge in [-0.2, -0.15) is 5.10 Å². The molecule has 2 N–H and O–H groups in total. The molecule has 0 aliphatic carbocycles. The van der Waals surface area contributed by atoms with E-state index in [-0.39, 0.29) is 16.8 Å². The number of pyridine rings is 1. The quantitative estimate of drug-likeness (QED) is 0.334. The normalized spacial score (nSPS) is 11.5. The van der Waals surface area contributed by atoms with Crippen molar-refractivity contribution in [1.82, 2.24) is 24.7 Å². The van der Waals surface area contributed by atoms with Crippen LogP contribution in [0.1, 0.15) is 27.4 Å². The Morgan fingerprint density at radius 1 is 0.895 bits per heavy atom. The average molecular weight is 528 g/mol. The largest absolute Gasteiger partial charge is 0.322 e. The number of nitrogens with one attached hydrogen (secondary N) is 2. The van der Waals surface area contributed by atoms with E-state index in [2.05, 4.69) is 25.1 Å². The smallest absolute Gasteiger partial charge is 0.264 e. The van der Waals surface area contributed by atoms with Gasteiger partial charge in [0.15, 0.2) is 0 Å². The molecule has 0 spiro atoms. The SMILES string of the molecule is Cc1cc(C)nc(NS(=O)(=O)c2ccc(NC(=O)c3cc(-c4cn(C)nc4C)nc4ccccc34)cc2)n1. The van der Waals surface area contributed by atoms with Gasteiger partial charge < -0.3 is 5.32 Å².